The van der Waals surface area contributed by atoms with Gasteiger partial charge in [0.2, 0.25) is 0 Å². The Morgan fingerprint density at radius 3 is 2.75 bits per heavy atom. The fourth-order valence-corrected chi connectivity index (χ4v) is 3.14. The molecule has 2 fully saturated rings. The van der Waals surface area contributed by atoms with E-state index in [1.165, 1.54) is 12.8 Å². The summed E-state index contributed by atoms with van der Waals surface area (Å²) < 4.78 is 0. The van der Waals surface area contributed by atoms with Crippen LogP contribution < -0.4 is 11.1 Å². The third-order valence-electron chi connectivity index (χ3n) is 3.91. The van der Waals surface area contributed by atoms with Gasteiger partial charge in [-0.1, -0.05) is 23.2 Å². The molecule has 3 N–H and O–H groups in total. The first kappa shape index (κ1) is 14.0. The molecule has 1 aliphatic carbocycles. The number of nitrogens with two attached hydrogens (primary N) is 1. The number of hydrogen-bond donors (Lipinski definition) is 2. The normalized spacial score (nSPS) is 23.0. The van der Waals surface area contributed by atoms with Crippen LogP contribution in [0.4, 0.5) is 5.69 Å². The number of carbonyl (C=O) groups excluding carboxylic acids is 1. The van der Waals surface area contributed by atoms with Crippen molar-refractivity contribution in [2.75, 3.05) is 18.8 Å². The first-order valence-electron chi connectivity index (χ1n) is 6.84. The molecular formula is C14H17Cl2N3O. The number of amides is 1. The molecule has 1 aromatic rings. The highest BCUT2D eigenvalue weighted by Crippen LogP contribution is 2.31. The maximum absolute atomic E-state index is 12.3. The minimum atomic E-state index is -0.202. The van der Waals surface area contributed by atoms with E-state index in [1.54, 1.807) is 12.1 Å². The van der Waals surface area contributed by atoms with Gasteiger partial charge in [-0.15, -0.1) is 0 Å². The Balaban J connectivity index is 1.67. The van der Waals surface area contributed by atoms with Crippen LogP contribution in [0.3, 0.4) is 0 Å². The zero-order valence-electron chi connectivity index (χ0n) is 11.0. The van der Waals surface area contributed by atoms with Gasteiger partial charge in [0.15, 0.2) is 0 Å². The number of likely N-dealkylation sites (tertiary alicyclic amines) is 1. The molecule has 1 heterocycles. The van der Waals surface area contributed by atoms with Gasteiger partial charge in [0.05, 0.1) is 15.6 Å². The molecule has 1 atom stereocenters. The van der Waals surface area contributed by atoms with E-state index < -0.39 is 0 Å². The summed E-state index contributed by atoms with van der Waals surface area (Å²) in [6.45, 7) is 1.98. The quantitative estimate of drug-likeness (QED) is 0.843. The maximum atomic E-state index is 12.3. The Bertz CT molecular complexity index is 545. The van der Waals surface area contributed by atoms with Crippen molar-refractivity contribution in [3.8, 4) is 0 Å². The van der Waals surface area contributed by atoms with Crippen molar-refractivity contribution in [1.82, 2.24) is 10.2 Å². The van der Waals surface area contributed by atoms with E-state index >= 15 is 0 Å². The fraction of sp³-hybridized carbons (Fsp3) is 0.500. The average molecular weight is 314 g/mol. The second-order valence-corrected chi connectivity index (χ2v) is 6.33. The molecule has 3 rings (SSSR count). The van der Waals surface area contributed by atoms with Crippen molar-refractivity contribution in [1.29, 1.82) is 0 Å². The minimum Gasteiger partial charge on any atom is -0.399 e. The molecule has 1 aliphatic heterocycles. The Kier molecular flexibility index (Phi) is 3.80. The van der Waals surface area contributed by atoms with Gasteiger partial charge in [-0.3, -0.25) is 9.69 Å². The number of anilines is 1. The second kappa shape index (κ2) is 5.43. The van der Waals surface area contributed by atoms with Gasteiger partial charge in [0.25, 0.3) is 5.91 Å². The van der Waals surface area contributed by atoms with Crippen LogP contribution in [0.1, 0.15) is 29.6 Å². The minimum absolute atomic E-state index is 0.180. The van der Waals surface area contributed by atoms with E-state index in [2.05, 4.69) is 10.2 Å². The predicted molar refractivity (Wildman–Crippen MR) is 81.3 cm³/mol. The van der Waals surface area contributed by atoms with Gasteiger partial charge in [-0.05, 0) is 31.4 Å². The lowest BCUT2D eigenvalue weighted by atomic mass is 10.1. The van der Waals surface area contributed by atoms with E-state index in [0.29, 0.717) is 16.3 Å². The third kappa shape index (κ3) is 2.87. The van der Waals surface area contributed by atoms with Crippen molar-refractivity contribution < 1.29 is 4.79 Å². The zero-order valence-corrected chi connectivity index (χ0v) is 12.5. The van der Waals surface area contributed by atoms with E-state index in [1.807, 2.05) is 0 Å². The summed E-state index contributed by atoms with van der Waals surface area (Å²) in [5.41, 5.74) is 6.50. The van der Waals surface area contributed by atoms with E-state index in [-0.39, 0.29) is 17.0 Å². The lowest BCUT2D eigenvalue weighted by molar-refractivity contribution is 0.0937. The van der Waals surface area contributed by atoms with Gasteiger partial charge in [0, 0.05) is 30.9 Å². The van der Waals surface area contributed by atoms with Gasteiger partial charge in [0.1, 0.15) is 0 Å². The van der Waals surface area contributed by atoms with Crippen molar-refractivity contribution in [2.24, 2.45) is 0 Å². The smallest absolute Gasteiger partial charge is 0.253 e. The highest BCUT2D eigenvalue weighted by atomic mass is 35.5. The molecule has 108 valence electrons. The Hall–Kier alpha value is -0.970. The van der Waals surface area contributed by atoms with Gasteiger partial charge >= 0.3 is 0 Å². The third-order valence-corrected chi connectivity index (χ3v) is 4.72. The van der Waals surface area contributed by atoms with Crippen LogP contribution in [0.5, 0.6) is 0 Å². The number of rotatable bonds is 3. The van der Waals surface area contributed by atoms with Crippen molar-refractivity contribution in [2.45, 2.75) is 31.3 Å². The highest BCUT2D eigenvalue weighted by molar-refractivity contribution is 6.44. The predicted octanol–water partition coefficient (Wildman–Crippen LogP) is 2.54. The number of nitrogens with zero attached hydrogens (tertiary/aromatic N) is 1. The first-order valence-corrected chi connectivity index (χ1v) is 7.59. The molecule has 6 heteroatoms. The number of benzene rings is 1. The molecule has 0 spiro atoms. The van der Waals surface area contributed by atoms with Crippen molar-refractivity contribution in [3.05, 3.63) is 27.7 Å². The molecule has 0 aromatic heterocycles. The molecule has 0 bridgehead atoms. The van der Waals surface area contributed by atoms with Gasteiger partial charge in [-0.25, -0.2) is 0 Å². The van der Waals surface area contributed by atoms with Crippen LogP contribution in [0.2, 0.25) is 10.0 Å². The monoisotopic (exact) mass is 313 g/mol. The molecule has 1 saturated carbocycles. The molecule has 1 aromatic carbocycles. The van der Waals surface area contributed by atoms with Crippen molar-refractivity contribution in [3.63, 3.8) is 0 Å². The lowest BCUT2D eigenvalue weighted by Crippen LogP contribution is -2.37. The molecule has 20 heavy (non-hydrogen) atoms. The van der Waals surface area contributed by atoms with Crippen LogP contribution in [-0.4, -0.2) is 36.0 Å². The molecule has 1 amide bonds. The number of halogens is 2. The van der Waals surface area contributed by atoms with Crippen molar-refractivity contribution >= 4 is 34.8 Å². The highest BCUT2D eigenvalue weighted by Gasteiger charge is 2.35. The molecule has 1 saturated heterocycles. The molecule has 0 radical (unpaired) electrons. The summed E-state index contributed by atoms with van der Waals surface area (Å²) in [6, 6.07) is 4.03. The number of hydrogen-bond acceptors (Lipinski definition) is 3. The molecule has 4 nitrogen and oxygen atoms in total. The summed E-state index contributed by atoms with van der Waals surface area (Å²) >= 11 is 12.0. The van der Waals surface area contributed by atoms with Gasteiger partial charge in [-0.2, -0.15) is 0 Å². The number of carbonyl (C=O) groups is 1. The summed E-state index contributed by atoms with van der Waals surface area (Å²) in [6.07, 6.45) is 3.56. The number of nitrogen functional groups attached to an aromatic ring is 1. The lowest BCUT2D eigenvalue weighted by Gasteiger charge is -2.16. The maximum Gasteiger partial charge on any atom is 0.253 e. The fourth-order valence-electron chi connectivity index (χ4n) is 2.71. The summed E-state index contributed by atoms with van der Waals surface area (Å²) in [4.78, 5) is 14.7. The van der Waals surface area contributed by atoms with Gasteiger partial charge < -0.3 is 11.1 Å². The van der Waals surface area contributed by atoms with Crippen LogP contribution in [0.15, 0.2) is 12.1 Å². The Morgan fingerprint density at radius 1 is 1.30 bits per heavy atom. The van der Waals surface area contributed by atoms with E-state index in [4.69, 9.17) is 28.9 Å². The second-order valence-electron chi connectivity index (χ2n) is 5.55. The SMILES string of the molecule is Nc1cc(Cl)c(Cl)c(C(=O)NC2CCN(C3CC3)C2)c1. The van der Waals surface area contributed by atoms with Crippen LogP contribution in [0, 0.1) is 0 Å². The topological polar surface area (TPSA) is 58.4 Å². The molecular weight excluding hydrogens is 297 g/mol. The van der Waals surface area contributed by atoms with Crippen LogP contribution in [-0.2, 0) is 0 Å². The van der Waals surface area contributed by atoms with E-state index in [0.717, 1.165) is 25.6 Å². The summed E-state index contributed by atoms with van der Waals surface area (Å²) in [5.74, 6) is -0.202. The summed E-state index contributed by atoms with van der Waals surface area (Å²) in [5, 5.41) is 3.59. The Labute approximate surface area is 128 Å². The average Bonchev–Trinajstić information content (AvgIpc) is 3.15. The molecule has 1 unspecified atom stereocenters. The standard InChI is InChI=1S/C14H17Cl2N3O/c15-12-6-8(17)5-11(13(12)16)14(20)18-9-3-4-19(7-9)10-1-2-10/h5-6,9-10H,1-4,7,17H2,(H,18,20). The zero-order chi connectivity index (χ0) is 14.3. The summed E-state index contributed by atoms with van der Waals surface area (Å²) in [7, 11) is 0. The number of nitrogens with one attached hydrogen (secondary N) is 1. The van der Waals surface area contributed by atoms with Crippen LogP contribution in [0.25, 0.3) is 0 Å². The largest absolute Gasteiger partial charge is 0.399 e. The first-order chi connectivity index (χ1) is 9.54. The molecule has 2 aliphatic rings. The van der Waals surface area contributed by atoms with E-state index in [9.17, 15) is 4.79 Å². The van der Waals surface area contributed by atoms with Crippen LogP contribution >= 0.6 is 23.2 Å². The Morgan fingerprint density at radius 2 is 2.05 bits per heavy atom.